The molecular weight excluding hydrogens is 340 g/mol. The van der Waals surface area contributed by atoms with Crippen molar-refractivity contribution in [2.75, 3.05) is 13.7 Å². The fraction of sp³-hybridized carbons (Fsp3) is 0.412. The fourth-order valence-corrected chi connectivity index (χ4v) is 3.53. The SMILES string of the molecule is COC(=O)c1ccc(Sc2cncn2COCC[Si](C)(C)C)cc1. The average molecular weight is 365 g/mol. The monoisotopic (exact) mass is 364 g/mol. The molecule has 0 spiro atoms. The van der Waals surface area contributed by atoms with Gasteiger partial charge in [-0.2, -0.15) is 0 Å². The molecule has 0 unspecified atom stereocenters. The molecule has 0 atom stereocenters. The zero-order valence-electron chi connectivity index (χ0n) is 14.6. The molecule has 2 aromatic rings. The normalized spacial score (nSPS) is 11.5. The summed E-state index contributed by atoms with van der Waals surface area (Å²) in [5.74, 6) is -0.326. The molecule has 0 bridgehead atoms. The van der Waals surface area contributed by atoms with Crippen molar-refractivity contribution in [1.29, 1.82) is 0 Å². The Kier molecular flexibility index (Phi) is 6.65. The Labute approximate surface area is 148 Å². The molecule has 1 heterocycles. The van der Waals surface area contributed by atoms with Crippen LogP contribution >= 0.6 is 11.8 Å². The number of nitrogens with zero attached hydrogens (tertiary/aromatic N) is 2. The van der Waals surface area contributed by atoms with Gasteiger partial charge in [0.2, 0.25) is 0 Å². The quantitative estimate of drug-likeness (QED) is 0.400. The highest BCUT2D eigenvalue weighted by Crippen LogP contribution is 2.27. The summed E-state index contributed by atoms with van der Waals surface area (Å²) in [7, 11) is 0.316. The minimum Gasteiger partial charge on any atom is -0.465 e. The second-order valence-corrected chi connectivity index (χ2v) is 13.4. The van der Waals surface area contributed by atoms with Gasteiger partial charge in [-0.15, -0.1) is 0 Å². The highest BCUT2D eigenvalue weighted by atomic mass is 32.2. The Morgan fingerprint density at radius 3 is 2.58 bits per heavy atom. The average Bonchev–Trinajstić information content (AvgIpc) is 2.98. The molecule has 1 aromatic carbocycles. The molecule has 24 heavy (non-hydrogen) atoms. The molecule has 1 aromatic heterocycles. The van der Waals surface area contributed by atoms with E-state index in [-0.39, 0.29) is 5.97 Å². The van der Waals surface area contributed by atoms with Crippen molar-refractivity contribution < 1.29 is 14.3 Å². The van der Waals surface area contributed by atoms with Gasteiger partial charge in [0.15, 0.2) is 0 Å². The third-order valence-corrected chi connectivity index (χ3v) is 6.16. The van der Waals surface area contributed by atoms with E-state index in [1.165, 1.54) is 7.11 Å². The molecule has 0 saturated heterocycles. The lowest BCUT2D eigenvalue weighted by molar-refractivity contribution is 0.0600. The molecular formula is C17H24N2O3SSi. The molecule has 0 aliphatic heterocycles. The van der Waals surface area contributed by atoms with Crippen LogP contribution in [0.3, 0.4) is 0 Å². The third kappa shape index (κ3) is 5.81. The summed E-state index contributed by atoms with van der Waals surface area (Å²) in [5, 5.41) is 1.01. The van der Waals surface area contributed by atoms with Crippen molar-refractivity contribution >= 4 is 25.8 Å². The van der Waals surface area contributed by atoms with Crippen molar-refractivity contribution in [2.24, 2.45) is 0 Å². The van der Waals surface area contributed by atoms with Gasteiger partial charge in [-0.1, -0.05) is 31.4 Å². The molecule has 7 heteroatoms. The summed E-state index contributed by atoms with van der Waals surface area (Å²) in [6, 6.07) is 8.48. The van der Waals surface area contributed by atoms with Crippen LogP contribution in [0.2, 0.25) is 25.7 Å². The number of hydrogen-bond donors (Lipinski definition) is 0. The first-order chi connectivity index (χ1) is 11.4. The van der Waals surface area contributed by atoms with Gasteiger partial charge in [-0.3, -0.25) is 0 Å². The molecule has 0 saturated carbocycles. The number of hydrogen-bond acceptors (Lipinski definition) is 5. The number of carbonyl (C=O) groups excluding carboxylic acids is 1. The first-order valence-electron chi connectivity index (χ1n) is 7.83. The summed E-state index contributed by atoms with van der Waals surface area (Å²) in [6.07, 6.45) is 3.60. The van der Waals surface area contributed by atoms with Gasteiger partial charge in [-0.05, 0) is 30.3 Å². The number of methoxy groups -OCH3 is 1. The fourth-order valence-electron chi connectivity index (χ4n) is 1.93. The van der Waals surface area contributed by atoms with Crippen LogP contribution in [0.15, 0.2) is 46.7 Å². The largest absolute Gasteiger partial charge is 0.465 e. The summed E-state index contributed by atoms with van der Waals surface area (Å²) in [4.78, 5) is 16.7. The number of rotatable bonds is 8. The van der Waals surface area contributed by atoms with E-state index >= 15 is 0 Å². The number of benzene rings is 1. The maximum atomic E-state index is 11.5. The summed E-state index contributed by atoms with van der Waals surface area (Å²) >= 11 is 1.59. The second kappa shape index (κ2) is 8.50. The van der Waals surface area contributed by atoms with Crippen LogP contribution < -0.4 is 0 Å². The van der Waals surface area contributed by atoms with E-state index in [4.69, 9.17) is 9.47 Å². The predicted molar refractivity (Wildman–Crippen MR) is 98.2 cm³/mol. The maximum Gasteiger partial charge on any atom is 0.337 e. The molecule has 2 rings (SSSR count). The highest BCUT2D eigenvalue weighted by molar-refractivity contribution is 7.99. The van der Waals surface area contributed by atoms with Gasteiger partial charge < -0.3 is 14.0 Å². The van der Waals surface area contributed by atoms with Crippen LogP contribution in [0.5, 0.6) is 0 Å². The Hall–Kier alpha value is -1.57. The van der Waals surface area contributed by atoms with Crippen LogP contribution in [0, 0.1) is 0 Å². The Morgan fingerprint density at radius 2 is 1.96 bits per heavy atom. The topological polar surface area (TPSA) is 53.3 Å². The van der Waals surface area contributed by atoms with Crippen LogP contribution in [-0.2, 0) is 16.2 Å². The third-order valence-electron chi connectivity index (χ3n) is 3.40. The minimum absolute atomic E-state index is 0.326. The molecule has 0 amide bonds. The number of aromatic nitrogens is 2. The summed E-state index contributed by atoms with van der Waals surface area (Å²) < 4.78 is 12.5. The molecule has 0 aliphatic carbocycles. The van der Waals surface area contributed by atoms with E-state index < -0.39 is 8.07 Å². The number of esters is 1. The first-order valence-corrected chi connectivity index (χ1v) is 12.4. The zero-order valence-corrected chi connectivity index (χ0v) is 16.4. The number of imidazole rings is 1. The van der Waals surface area contributed by atoms with Crippen LogP contribution in [0.4, 0.5) is 0 Å². The highest BCUT2D eigenvalue weighted by Gasteiger charge is 2.12. The van der Waals surface area contributed by atoms with Gasteiger partial charge in [0.1, 0.15) is 11.8 Å². The summed E-state index contributed by atoms with van der Waals surface area (Å²) in [5.41, 5.74) is 0.546. The lowest BCUT2D eigenvalue weighted by Gasteiger charge is -2.16. The number of carbonyl (C=O) groups is 1. The maximum absolute atomic E-state index is 11.5. The van der Waals surface area contributed by atoms with Crippen molar-refractivity contribution in [1.82, 2.24) is 9.55 Å². The molecule has 130 valence electrons. The standard InChI is InChI=1S/C17H24N2O3SSi/c1-21-17(20)14-5-7-15(8-6-14)23-16-11-18-12-19(16)13-22-9-10-24(2,3)4/h5-8,11-12H,9-10,13H2,1-4H3. The van der Waals surface area contributed by atoms with Crippen molar-refractivity contribution in [3.63, 3.8) is 0 Å². The number of ether oxygens (including phenoxy) is 2. The smallest absolute Gasteiger partial charge is 0.337 e. The Morgan fingerprint density at radius 1 is 1.25 bits per heavy atom. The van der Waals surface area contributed by atoms with Gasteiger partial charge in [0.05, 0.1) is 25.2 Å². The first kappa shape index (κ1) is 18.8. The lowest BCUT2D eigenvalue weighted by Crippen LogP contribution is -2.22. The molecule has 5 nitrogen and oxygen atoms in total. The van der Waals surface area contributed by atoms with E-state index in [9.17, 15) is 4.79 Å². The predicted octanol–water partition coefficient (Wildman–Crippen LogP) is 4.13. The Bertz CT molecular complexity index is 665. The zero-order chi connectivity index (χ0) is 17.6. The molecule has 0 fully saturated rings. The van der Waals surface area contributed by atoms with Crippen LogP contribution in [0.25, 0.3) is 0 Å². The molecule has 0 aliphatic rings. The van der Waals surface area contributed by atoms with Crippen molar-refractivity contribution in [3.8, 4) is 0 Å². The lowest BCUT2D eigenvalue weighted by atomic mass is 10.2. The summed E-state index contributed by atoms with van der Waals surface area (Å²) in [6.45, 7) is 8.31. The second-order valence-electron chi connectivity index (χ2n) is 6.67. The van der Waals surface area contributed by atoms with Crippen molar-refractivity contribution in [3.05, 3.63) is 42.4 Å². The van der Waals surface area contributed by atoms with Gasteiger partial charge >= 0.3 is 5.97 Å². The van der Waals surface area contributed by atoms with E-state index in [0.717, 1.165) is 22.6 Å². The van der Waals surface area contributed by atoms with Gasteiger partial charge in [0.25, 0.3) is 0 Å². The van der Waals surface area contributed by atoms with Crippen LogP contribution in [-0.4, -0.2) is 37.3 Å². The molecule has 0 N–H and O–H groups in total. The van der Waals surface area contributed by atoms with E-state index in [0.29, 0.717) is 12.3 Å². The van der Waals surface area contributed by atoms with Gasteiger partial charge in [0, 0.05) is 19.6 Å². The minimum atomic E-state index is -1.06. The van der Waals surface area contributed by atoms with Crippen LogP contribution in [0.1, 0.15) is 10.4 Å². The Balaban J connectivity index is 1.92. The van der Waals surface area contributed by atoms with E-state index in [1.807, 2.05) is 22.9 Å². The van der Waals surface area contributed by atoms with E-state index in [2.05, 4.69) is 24.6 Å². The molecule has 0 radical (unpaired) electrons. The van der Waals surface area contributed by atoms with Crippen molar-refractivity contribution in [2.45, 2.75) is 42.3 Å². The van der Waals surface area contributed by atoms with E-state index in [1.54, 1.807) is 30.2 Å². The van der Waals surface area contributed by atoms with Gasteiger partial charge in [-0.25, -0.2) is 9.78 Å².